The van der Waals surface area contributed by atoms with E-state index in [1.165, 1.54) is 12.2 Å². The van der Waals surface area contributed by atoms with Crippen LogP contribution in [0.3, 0.4) is 0 Å². The first-order valence-electron chi connectivity index (χ1n) is 6.24. The summed E-state index contributed by atoms with van der Waals surface area (Å²) < 4.78 is 0. The van der Waals surface area contributed by atoms with E-state index in [0.29, 0.717) is 11.1 Å². The quantitative estimate of drug-likeness (QED) is 0.634. The average Bonchev–Trinajstić information content (AvgIpc) is 2.45. The Balaban J connectivity index is 3.42. The molecule has 0 unspecified atom stereocenters. The molecule has 0 heterocycles. The molecular weight excluding hydrogens is 280 g/mol. The van der Waals surface area contributed by atoms with Crippen LogP contribution in [0.2, 0.25) is 0 Å². The largest absolute Gasteiger partial charge is 0.365 e. The second-order valence-corrected chi connectivity index (χ2v) is 4.63. The van der Waals surface area contributed by atoms with Crippen molar-refractivity contribution in [3.8, 4) is 12.1 Å². The SMILES string of the molecule is Cc1cc(/C=C(/C#N)C(N)=O)c(C)cc1/C=C(/C#N)C(N)=O. The summed E-state index contributed by atoms with van der Waals surface area (Å²) in [5, 5.41) is 17.7. The number of rotatable bonds is 4. The van der Waals surface area contributed by atoms with E-state index in [-0.39, 0.29) is 11.1 Å². The van der Waals surface area contributed by atoms with Crippen LogP contribution >= 0.6 is 0 Å². The van der Waals surface area contributed by atoms with Gasteiger partial charge in [-0.3, -0.25) is 9.59 Å². The average molecular weight is 294 g/mol. The molecule has 4 N–H and O–H groups in total. The van der Waals surface area contributed by atoms with E-state index in [1.807, 2.05) is 0 Å². The molecule has 0 bridgehead atoms. The van der Waals surface area contributed by atoms with Crippen LogP contribution < -0.4 is 11.5 Å². The molecular formula is C16H14N4O2. The number of carbonyl (C=O) groups is 2. The fourth-order valence-electron chi connectivity index (χ4n) is 1.80. The maximum Gasteiger partial charge on any atom is 0.259 e. The lowest BCUT2D eigenvalue weighted by Gasteiger charge is -2.07. The Morgan fingerprint density at radius 1 is 0.909 bits per heavy atom. The number of nitrogens with two attached hydrogens (primary N) is 2. The summed E-state index contributed by atoms with van der Waals surface area (Å²) in [6, 6.07) is 6.94. The molecule has 6 nitrogen and oxygen atoms in total. The first kappa shape index (κ1) is 16.7. The third-order valence-electron chi connectivity index (χ3n) is 3.03. The van der Waals surface area contributed by atoms with Gasteiger partial charge in [-0.1, -0.05) is 12.1 Å². The van der Waals surface area contributed by atoms with Gasteiger partial charge in [-0.2, -0.15) is 10.5 Å². The summed E-state index contributed by atoms with van der Waals surface area (Å²) in [5.41, 5.74) is 12.7. The number of amides is 2. The molecule has 6 heteroatoms. The van der Waals surface area contributed by atoms with E-state index in [4.69, 9.17) is 22.0 Å². The zero-order chi connectivity index (χ0) is 16.9. The maximum absolute atomic E-state index is 11.1. The van der Waals surface area contributed by atoms with Crippen molar-refractivity contribution < 1.29 is 9.59 Å². The number of carbonyl (C=O) groups excluding carboxylic acids is 2. The fraction of sp³-hybridized carbons (Fsp3) is 0.125. The van der Waals surface area contributed by atoms with Gasteiger partial charge in [-0.15, -0.1) is 0 Å². The Labute approximate surface area is 127 Å². The van der Waals surface area contributed by atoms with E-state index >= 15 is 0 Å². The molecule has 1 rings (SSSR count). The summed E-state index contributed by atoms with van der Waals surface area (Å²) in [5.74, 6) is -1.60. The molecule has 2 amide bonds. The lowest BCUT2D eigenvalue weighted by atomic mass is 9.97. The van der Waals surface area contributed by atoms with Gasteiger partial charge in [-0.05, 0) is 48.3 Å². The number of nitrogens with zero attached hydrogens (tertiary/aromatic N) is 2. The number of primary amides is 2. The highest BCUT2D eigenvalue weighted by atomic mass is 16.1. The molecule has 0 saturated carbocycles. The molecule has 1 aromatic carbocycles. The smallest absolute Gasteiger partial charge is 0.259 e. The molecule has 0 saturated heterocycles. The lowest BCUT2D eigenvalue weighted by molar-refractivity contribution is -0.115. The zero-order valence-electron chi connectivity index (χ0n) is 12.2. The minimum atomic E-state index is -0.802. The van der Waals surface area contributed by atoms with Crippen molar-refractivity contribution in [1.29, 1.82) is 10.5 Å². The molecule has 22 heavy (non-hydrogen) atoms. The number of hydrogen-bond acceptors (Lipinski definition) is 4. The van der Waals surface area contributed by atoms with Crippen molar-refractivity contribution in [2.24, 2.45) is 11.5 Å². The van der Waals surface area contributed by atoms with Gasteiger partial charge in [0.05, 0.1) is 0 Å². The van der Waals surface area contributed by atoms with Gasteiger partial charge < -0.3 is 11.5 Å². The minimum Gasteiger partial charge on any atom is -0.365 e. The molecule has 0 atom stereocenters. The molecule has 0 aliphatic heterocycles. The van der Waals surface area contributed by atoms with Gasteiger partial charge in [-0.25, -0.2) is 0 Å². The summed E-state index contributed by atoms with van der Waals surface area (Å²) in [4.78, 5) is 22.2. The van der Waals surface area contributed by atoms with E-state index in [0.717, 1.165) is 11.1 Å². The second kappa shape index (κ2) is 6.87. The number of benzene rings is 1. The van der Waals surface area contributed by atoms with Gasteiger partial charge in [0.25, 0.3) is 11.8 Å². The van der Waals surface area contributed by atoms with Crippen molar-refractivity contribution in [3.63, 3.8) is 0 Å². The summed E-state index contributed by atoms with van der Waals surface area (Å²) in [6.45, 7) is 3.55. The highest BCUT2D eigenvalue weighted by Gasteiger charge is 2.09. The topological polar surface area (TPSA) is 134 Å². The number of hydrogen-bond donors (Lipinski definition) is 2. The minimum absolute atomic E-state index is 0.152. The van der Waals surface area contributed by atoms with Crippen LogP contribution in [0.4, 0.5) is 0 Å². The van der Waals surface area contributed by atoms with E-state index in [2.05, 4.69) is 0 Å². The van der Waals surface area contributed by atoms with E-state index in [9.17, 15) is 9.59 Å². The molecule has 0 radical (unpaired) electrons. The Morgan fingerprint density at radius 3 is 1.45 bits per heavy atom. The maximum atomic E-state index is 11.1. The highest BCUT2D eigenvalue weighted by molar-refractivity contribution is 6.01. The molecule has 0 fully saturated rings. The van der Waals surface area contributed by atoms with Crippen LogP contribution in [0.1, 0.15) is 22.3 Å². The predicted octanol–water partition coefficient (Wildman–Crippen LogP) is 1.09. The van der Waals surface area contributed by atoms with Crippen LogP contribution in [0.25, 0.3) is 12.2 Å². The Hall–Kier alpha value is -3.38. The first-order chi connectivity index (χ1) is 10.3. The van der Waals surface area contributed by atoms with Crippen molar-refractivity contribution >= 4 is 24.0 Å². The van der Waals surface area contributed by atoms with E-state index < -0.39 is 11.8 Å². The lowest BCUT2D eigenvalue weighted by Crippen LogP contribution is -2.13. The Bertz CT molecular complexity index is 722. The van der Waals surface area contributed by atoms with Crippen LogP contribution in [-0.2, 0) is 9.59 Å². The molecule has 1 aromatic rings. The summed E-state index contributed by atoms with van der Waals surface area (Å²) in [7, 11) is 0. The van der Waals surface area contributed by atoms with Gasteiger partial charge >= 0.3 is 0 Å². The van der Waals surface area contributed by atoms with Gasteiger partial charge in [0, 0.05) is 0 Å². The first-order valence-corrected chi connectivity index (χ1v) is 6.24. The van der Waals surface area contributed by atoms with Crippen LogP contribution in [0.15, 0.2) is 23.3 Å². The van der Waals surface area contributed by atoms with Crippen molar-refractivity contribution in [2.45, 2.75) is 13.8 Å². The fourth-order valence-corrected chi connectivity index (χ4v) is 1.80. The summed E-state index contributed by atoms with van der Waals surface area (Å²) in [6.07, 6.45) is 2.80. The normalized spacial score (nSPS) is 11.5. The van der Waals surface area contributed by atoms with Crippen LogP contribution in [0.5, 0.6) is 0 Å². The third kappa shape index (κ3) is 3.81. The van der Waals surface area contributed by atoms with Crippen molar-refractivity contribution in [1.82, 2.24) is 0 Å². The molecule has 0 spiro atoms. The second-order valence-electron chi connectivity index (χ2n) is 4.63. The number of aryl methyl sites for hydroxylation is 2. The molecule has 0 aromatic heterocycles. The predicted molar refractivity (Wildman–Crippen MR) is 81.5 cm³/mol. The van der Waals surface area contributed by atoms with Crippen LogP contribution in [0, 0.1) is 36.5 Å². The summed E-state index contributed by atoms with van der Waals surface area (Å²) >= 11 is 0. The third-order valence-corrected chi connectivity index (χ3v) is 3.03. The van der Waals surface area contributed by atoms with Crippen molar-refractivity contribution in [3.05, 3.63) is 45.5 Å². The molecule has 0 aliphatic carbocycles. The Morgan fingerprint density at radius 2 is 1.23 bits per heavy atom. The Kier molecular flexibility index (Phi) is 5.21. The molecule has 0 aliphatic rings. The van der Waals surface area contributed by atoms with Gasteiger partial charge in [0.2, 0.25) is 0 Å². The number of nitriles is 2. The monoisotopic (exact) mass is 294 g/mol. The van der Waals surface area contributed by atoms with Gasteiger partial charge in [0.15, 0.2) is 0 Å². The van der Waals surface area contributed by atoms with Crippen molar-refractivity contribution in [2.75, 3.05) is 0 Å². The van der Waals surface area contributed by atoms with Crippen LogP contribution in [-0.4, -0.2) is 11.8 Å². The highest BCUT2D eigenvalue weighted by Crippen LogP contribution is 2.21. The van der Waals surface area contributed by atoms with Gasteiger partial charge in [0.1, 0.15) is 23.3 Å². The zero-order valence-corrected chi connectivity index (χ0v) is 12.2. The molecule has 110 valence electrons. The van der Waals surface area contributed by atoms with E-state index in [1.54, 1.807) is 38.1 Å². The standard InChI is InChI=1S/C16H14N4O2/c1-9-3-12(6-14(8-18)16(20)22)10(2)4-11(9)5-13(7-17)15(19)21/h3-6H,1-2H3,(H2,19,21)(H2,20,22)/b13-5-,14-6-.